The summed E-state index contributed by atoms with van der Waals surface area (Å²) in [7, 11) is 0. The van der Waals surface area contributed by atoms with Crippen molar-refractivity contribution in [3.8, 4) is 5.69 Å². The zero-order chi connectivity index (χ0) is 22.6. The van der Waals surface area contributed by atoms with Gasteiger partial charge in [-0.05, 0) is 30.3 Å². The van der Waals surface area contributed by atoms with Crippen molar-refractivity contribution >= 4 is 22.9 Å². The van der Waals surface area contributed by atoms with Crippen LogP contribution in [-0.2, 0) is 11.3 Å². The quantitative estimate of drug-likeness (QED) is 0.496. The van der Waals surface area contributed by atoms with Gasteiger partial charge in [0.1, 0.15) is 0 Å². The lowest BCUT2D eigenvalue weighted by atomic mass is 10.2. The first kappa shape index (κ1) is 21.1. The standard InChI is InChI=1S/C25H25N5O3/c31-23-11-10-19(18-30(23)20-6-2-1-3-7-20)24(32)27-25-26-21-8-4-5-9-22(21)29(25)13-12-28-14-16-33-17-15-28/h1-11,18H,12-17H2,(H,26,27,32). The predicted molar refractivity (Wildman–Crippen MR) is 127 cm³/mol. The van der Waals surface area contributed by atoms with Crippen molar-refractivity contribution in [2.75, 3.05) is 38.2 Å². The largest absolute Gasteiger partial charge is 0.379 e. The summed E-state index contributed by atoms with van der Waals surface area (Å²) in [4.78, 5) is 32.5. The number of nitrogens with zero attached hydrogens (tertiary/aromatic N) is 4. The molecule has 2 aromatic heterocycles. The SMILES string of the molecule is O=C(Nc1nc2ccccc2n1CCN1CCOCC1)c1ccc(=O)n(-c2ccccc2)c1. The summed E-state index contributed by atoms with van der Waals surface area (Å²) in [6.45, 7) is 4.81. The first-order chi connectivity index (χ1) is 16.2. The molecule has 1 aliphatic rings. The number of benzene rings is 2. The molecule has 168 valence electrons. The maximum absolute atomic E-state index is 13.1. The molecule has 8 nitrogen and oxygen atoms in total. The topological polar surface area (TPSA) is 81.4 Å². The van der Waals surface area contributed by atoms with Crippen molar-refractivity contribution < 1.29 is 9.53 Å². The van der Waals surface area contributed by atoms with E-state index in [1.165, 1.54) is 16.7 Å². The van der Waals surface area contributed by atoms with Crippen molar-refractivity contribution in [3.05, 3.63) is 88.8 Å². The molecule has 8 heteroatoms. The zero-order valence-electron chi connectivity index (χ0n) is 18.2. The molecular formula is C25H25N5O3. The number of nitrogens with one attached hydrogen (secondary N) is 1. The van der Waals surface area contributed by atoms with E-state index in [9.17, 15) is 9.59 Å². The normalized spacial score (nSPS) is 14.4. The number of para-hydroxylation sites is 3. The molecule has 0 spiro atoms. The second-order valence-corrected chi connectivity index (χ2v) is 7.95. The maximum atomic E-state index is 13.1. The first-order valence-electron chi connectivity index (χ1n) is 11.0. The fourth-order valence-electron chi connectivity index (χ4n) is 4.05. The highest BCUT2D eigenvalue weighted by molar-refractivity contribution is 6.04. The summed E-state index contributed by atoms with van der Waals surface area (Å²) < 4.78 is 8.95. The summed E-state index contributed by atoms with van der Waals surface area (Å²) in [5.74, 6) is 0.175. The van der Waals surface area contributed by atoms with Crippen molar-refractivity contribution in [3.63, 3.8) is 0 Å². The molecule has 1 fully saturated rings. The van der Waals surface area contributed by atoms with Gasteiger partial charge in [0.25, 0.3) is 11.5 Å². The van der Waals surface area contributed by atoms with E-state index in [4.69, 9.17) is 4.74 Å². The summed E-state index contributed by atoms with van der Waals surface area (Å²) >= 11 is 0. The number of carbonyl (C=O) groups is 1. The lowest BCUT2D eigenvalue weighted by Crippen LogP contribution is -2.38. The number of hydrogen-bond acceptors (Lipinski definition) is 5. The second kappa shape index (κ2) is 9.40. The number of morpholine rings is 1. The fourth-order valence-corrected chi connectivity index (χ4v) is 4.05. The van der Waals surface area contributed by atoms with Crippen LogP contribution >= 0.6 is 0 Å². The Bertz CT molecular complexity index is 1320. The van der Waals surface area contributed by atoms with E-state index in [1.807, 2.05) is 59.2 Å². The van der Waals surface area contributed by atoms with Crippen molar-refractivity contribution in [2.45, 2.75) is 6.54 Å². The highest BCUT2D eigenvalue weighted by atomic mass is 16.5. The van der Waals surface area contributed by atoms with Crippen LogP contribution in [0.4, 0.5) is 5.95 Å². The molecule has 33 heavy (non-hydrogen) atoms. The van der Waals surface area contributed by atoms with Gasteiger partial charge in [0.15, 0.2) is 0 Å². The smallest absolute Gasteiger partial charge is 0.259 e. The van der Waals surface area contributed by atoms with Gasteiger partial charge in [-0.2, -0.15) is 0 Å². The van der Waals surface area contributed by atoms with Gasteiger partial charge in [0, 0.05) is 44.1 Å². The number of rotatable bonds is 6. The zero-order valence-corrected chi connectivity index (χ0v) is 18.2. The van der Waals surface area contributed by atoms with E-state index in [0.29, 0.717) is 23.7 Å². The molecule has 4 aromatic rings. The number of amides is 1. The summed E-state index contributed by atoms with van der Waals surface area (Å²) in [5.41, 5.74) is 2.68. The van der Waals surface area contributed by atoms with Crippen LogP contribution in [0.2, 0.25) is 0 Å². The third kappa shape index (κ3) is 4.57. The molecule has 0 bridgehead atoms. The van der Waals surface area contributed by atoms with Gasteiger partial charge in [-0.25, -0.2) is 4.98 Å². The number of carbonyl (C=O) groups excluding carboxylic acids is 1. The Kier molecular flexibility index (Phi) is 6.01. The summed E-state index contributed by atoms with van der Waals surface area (Å²) in [6, 6.07) is 20.0. The predicted octanol–water partition coefficient (Wildman–Crippen LogP) is 2.77. The van der Waals surface area contributed by atoms with E-state index >= 15 is 0 Å². The summed E-state index contributed by atoms with van der Waals surface area (Å²) in [5, 5.41) is 2.96. The van der Waals surface area contributed by atoms with Crippen molar-refractivity contribution in [2.24, 2.45) is 0 Å². The number of hydrogen-bond donors (Lipinski definition) is 1. The van der Waals surface area contributed by atoms with Gasteiger partial charge in [0.2, 0.25) is 5.95 Å². The monoisotopic (exact) mass is 443 g/mol. The molecule has 0 atom stereocenters. The third-order valence-corrected chi connectivity index (χ3v) is 5.83. The lowest BCUT2D eigenvalue weighted by Gasteiger charge is -2.26. The van der Waals surface area contributed by atoms with Gasteiger partial charge in [0.05, 0.1) is 29.8 Å². The highest BCUT2D eigenvalue weighted by Crippen LogP contribution is 2.20. The van der Waals surface area contributed by atoms with Crippen LogP contribution < -0.4 is 10.9 Å². The number of pyridine rings is 1. The van der Waals surface area contributed by atoms with Crippen LogP contribution in [-0.4, -0.2) is 57.8 Å². The number of fused-ring (bicyclic) bond motifs is 1. The Labute approximate surface area is 191 Å². The van der Waals surface area contributed by atoms with Gasteiger partial charge in [-0.1, -0.05) is 30.3 Å². The van der Waals surface area contributed by atoms with E-state index in [2.05, 4.69) is 15.2 Å². The number of aromatic nitrogens is 3. The average Bonchev–Trinajstić information content (AvgIpc) is 3.21. The summed E-state index contributed by atoms with van der Waals surface area (Å²) in [6.07, 6.45) is 1.56. The molecule has 0 saturated carbocycles. The van der Waals surface area contributed by atoms with E-state index in [-0.39, 0.29) is 11.5 Å². The Morgan fingerprint density at radius 1 is 0.939 bits per heavy atom. The van der Waals surface area contributed by atoms with E-state index < -0.39 is 0 Å². The molecular weight excluding hydrogens is 418 g/mol. The van der Waals surface area contributed by atoms with Crippen LogP contribution in [0.1, 0.15) is 10.4 Å². The number of anilines is 1. The van der Waals surface area contributed by atoms with Gasteiger partial charge >= 0.3 is 0 Å². The molecule has 1 saturated heterocycles. The van der Waals surface area contributed by atoms with Crippen LogP contribution in [0.25, 0.3) is 16.7 Å². The Balaban J connectivity index is 1.42. The molecule has 1 amide bonds. The average molecular weight is 444 g/mol. The van der Waals surface area contributed by atoms with Crippen LogP contribution in [0, 0.1) is 0 Å². The van der Waals surface area contributed by atoms with Crippen LogP contribution in [0.5, 0.6) is 0 Å². The fraction of sp³-hybridized carbons (Fsp3) is 0.240. The highest BCUT2D eigenvalue weighted by Gasteiger charge is 2.17. The minimum atomic E-state index is -0.317. The van der Waals surface area contributed by atoms with Crippen LogP contribution in [0.3, 0.4) is 0 Å². The Morgan fingerprint density at radius 2 is 1.70 bits per heavy atom. The molecule has 0 aliphatic carbocycles. The molecule has 3 heterocycles. The van der Waals surface area contributed by atoms with Crippen LogP contribution in [0.15, 0.2) is 77.7 Å². The third-order valence-electron chi connectivity index (χ3n) is 5.83. The molecule has 1 N–H and O–H groups in total. The molecule has 2 aromatic carbocycles. The molecule has 5 rings (SSSR count). The lowest BCUT2D eigenvalue weighted by molar-refractivity contribution is 0.0366. The second-order valence-electron chi connectivity index (χ2n) is 7.95. The molecule has 1 aliphatic heterocycles. The van der Waals surface area contributed by atoms with Gasteiger partial charge in [-0.15, -0.1) is 0 Å². The van der Waals surface area contributed by atoms with Crippen molar-refractivity contribution in [1.82, 2.24) is 19.0 Å². The van der Waals surface area contributed by atoms with Gasteiger partial charge < -0.3 is 9.30 Å². The number of imidazole rings is 1. The Hall–Kier alpha value is -3.75. The van der Waals surface area contributed by atoms with Crippen molar-refractivity contribution in [1.29, 1.82) is 0 Å². The number of ether oxygens (including phenoxy) is 1. The molecule has 0 radical (unpaired) electrons. The first-order valence-corrected chi connectivity index (χ1v) is 11.0. The van der Waals surface area contributed by atoms with E-state index in [1.54, 1.807) is 6.20 Å². The maximum Gasteiger partial charge on any atom is 0.259 e. The minimum Gasteiger partial charge on any atom is -0.379 e. The van der Waals surface area contributed by atoms with Gasteiger partial charge in [-0.3, -0.25) is 24.4 Å². The van der Waals surface area contributed by atoms with E-state index in [0.717, 1.165) is 43.9 Å². The minimum absolute atomic E-state index is 0.199. The molecule has 0 unspecified atom stereocenters. The Morgan fingerprint density at radius 3 is 2.52 bits per heavy atom.